The van der Waals surface area contributed by atoms with E-state index in [2.05, 4.69) is 15.3 Å². The lowest BCUT2D eigenvalue weighted by atomic mass is 10.2. The van der Waals surface area contributed by atoms with Gasteiger partial charge in [0.15, 0.2) is 11.0 Å². The van der Waals surface area contributed by atoms with E-state index in [0.717, 1.165) is 0 Å². The number of nitrogens with two attached hydrogens (primary N) is 1. The number of nitrogens with zero attached hydrogens (tertiary/aromatic N) is 2. The van der Waals surface area contributed by atoms with Crippen molar-refractivity contribution in [3.63, 3.8) is 0 Å². The minimum atomic E-state index is -0.753. The van der Waals surface area contributed by atoms with Crippen molar-refractivity contribution in [2.75, 3.05) is 5.32 Å². The molecule has 1 heterocycles. The number of hydrogen-bond donors (Lipinski definition) is 2. The summed E-state index contributed by atoms with van der Waals surface area (Å²) >= 11 is 5.99. The van der Waals surface area contributed by atoms with Gasteiger partial charge in [0, 0.05) is 0 Å². The van der Waals surface area contributed by atoms with Crippen molar-refractivity contribution in [2.45, 2.75) is 18.4 Å². The maximum Gasteiger partial charge on any atom is 0.245 e. The SMILES string of the molecule is NC1(C(=O)Nc2nc3ccccc3nc2Cl)CC1. The molecule has 0 aliphatic heterocycles. The first-order valence-electron chi connectivity index (χ1n) is 5.61. The summed E-state index contributed by atoms with van der Waals surface area (Å²) in [5.41, 5.74) is 6.41. The average molecular weight is 263 g/mol. The lowest BCUT2D eigenvalue weighted by Crippen LogP contribution is -2.38. The van der Waals surface area contributed by atoms with Gasteiger partial charge >= 0.3 is 0 Å². The maximum absolute atomic E-state index is 11.8. The Morgan fingerprint density at radius 1 is 1.28 bits per heavy atom. The summed E-state index contributed by atoms with van der Waals surface area (Å²) in [4.78, 5) is 20.3. The molecule has 0 spiro atoms. The first-order valence-corrected chi connectivity index (χ1v) is 5.99. The van der Waals surface area contributed by atoms with E-state index in [0.29, 0.717) is 23.9 Å². The number of nitrogens with one attached hydrogen (secondary N) is 1. The van der Waals surface area contributed by atoms with Crippen molar-refractivity contribution < 1.29 is 4.79 Å². The van der Waals surface area contributed by atoms with Crippen molar-refractivity contribution in [3.05, 3.63) is 29.4 Å². The molecule has 1 fully saturated rings. The van der Waals surface area contributed by atoms with Crippen LogP contribution in [0.3, 0.4) is 0 Å². The van der Waals surface area contributed by atoms with Crippen LogP contribution in [-0.2, 0) is 4.79 Å². The monoisotopic (exact) mass is 262 g/mol. The number of halogens is 1. The zero-order valence-electron chi connectivity index (χ0n) is 9.48. The number of carbonyl (C=O) groups excluding carboxylic acids is 1. The Hall–Kier alpha value is -1.72. The van der Waals surface area contributed by atoms with Crippen molar-refractivity contribution >= 4 is 34.4 Å². The van der Waals surface area contributed by atoms with Crippen molar-refractivity contribution in [3.8, 4) is 0 Å². The largest absolute Gasteiger partial charge is 0.317 e. The molecule has 1 aliphatic rings. The number of amides is 1. The summed E-state index contributed by atoms with van der Waals surface area (Å²) in [6.45, 7) is 0. The summed E-state index contributed by atoms with van der Waals surface area (Å²) < 4.78 is 0. The van der Waals surface area contributed by atoms with Gasteiger partial charge in [0.1, 0.15) is 0 Å². The van der Waals surface area contributed by atoms with Gasteiger partial charge in [-0.05, 0) is 25.0 Å². The highest BCUT2D eigenvalue weighted by molar-refractivity contribution is 6.32. The lowest BCUT2D eigenvalue weighted by Gasteiger charge is -2.10. The van der Waals surface area contributed by atoms with Crippen LogP contribution in [0.15, 0.2) is 24.3 Å². The number of para-hydroxylation sites is 2. The molecule has 1 aromatic carbocycles. The quantitative estimate of drug-likeness (QED) is 0.863. The van der Waals surface area contributed by atoms with Gasteiger partial charge in [-0.15, -0.1) is 0 Å². The van der Waals surface area contributed by atoms with Gasteiger partial charge < -0.3 is 11.1 Å². The smallest absolute Gasteiger partial charge is 0.245 e. The molecule has 1 saturated carbocycles. The third-order valence-corrected chi connectivity index (χ3v) is 3.26. The molecule has 3 N–H and O–H groups in total. The predicted molar refractivity (Wildman–Crippen MR) is 69.3 cm³/mol. The molecule has 1 aliphatic carbocycles. The second-order valence-electron chi connectivity index (χ2n) is 4.46. The molecule has 1 amide bonds. The Morgan fingerprint density at radius 3 is 2.50 bits per heavy atom. The summed E-state index contributed by atoms with van der Waals surface area (Å²) in [7, 11) is 0. The molecule has 0 saturated heterocycles. The van der Waals surface area contributed by atoms with Crippen molar-refractivity contribution in [1.29, 1.82) is 0 Å². The maximum atomic E-state index is 11.8. The fourth-order valence-electron chi connectivity index (χ4n) is 1.65. The second-order valence-corrected chi connectivity index (χ2v) is 4.82. The highest BCUT2D eigenvalue weighted by Gasteiger charge is 2.46. The van der Waals surface area contributed by atoms with Gasteiger partial charge in [-0.2, -0.15) is 0 Å². The van der Waals surface area contributed by atoms with Crippen molar-refractivity contribution in [1.82, 2.24) is 9.97 Å². The molecule has 92 valence electrons. The van der Waals surface area contributed by atoms with E-state index in [1.54, 1.807) is 0 Å². The van der Waals surface area contributed by atoms with Crippen molar-refractivity contribution in [2.24, 2.45) is 5.73 Å². The topological polar surface area (TPSA) is 80.9 Å². The normalized spacial score (nSPS) is 16.6. The third kappa shape index (κ3) is 1.91. The minimum Gasteiger partial charge on any atom is -0.317 e. The molecule has 0 radical (unpaired) electrons. The van der Waals surface area contributed by atoms with Gasteiger partial charge in [0.2, 0.25) is 5.91 Å². The van der Waals surface area contributed by atoms with E-state index in [4.69, 9.17) is 17.3 Å². The highest BCUT2D eigenvalue weighted by Crippen LogP contribution is 2.33. The number of fused-ring (bicyclic) bond motifs is 1. The number of aromatic nitrogens is 2. The van der Waals surface area contributed by atoms with E-state index in [-0.39, 0.29) is 16.9 Å². The van der Waals surface area contributed by atoms with E-state index in [9.17, 15) is 4.79 Å². The Morgan fingerprint density at radius 2 is 1.89 bits per heavy atom. The highest BCUT2D eigenvalue weighted by atomic mass is 35.5. The standard InChI is InChI=1S/C12H11ClN4O/c13-9-10(17-11(18)12(14)5-6-12)16-8-4-2-1-3-7(8)15-9/h1-4H,5-6,14H2,(H,16,17,18). The molecule has 0 unspecified atom stereocenters. The zero-order chi connectivity index (χ0) is 12.8. The van der Waals surface area contributed by atoms with Crippen LogP contribution >= 0.6 is 11.6 Å². The van der Waals surface area contributed by atoms with Crippen LogP contribution in [0, 0.1) is 0 Å². The van der Waals surface area contributed by atoms with E-state index >= 15 is 0 Å². The summed E-state index contributed by atoms with van der Waals surface area (Å²) in [5.74, 6) is 0.00562. The molecule has 3 rings (SSSR count). The number of hydrogen-bond acceptors (Lipinski definition) is 4. The third-order valence-electron chi connectivity index (χ3n) is 3.00. The lowest BCUT2D eigenvalue weighted by molar-refractivity contribution is -0.118. The number of benzene rings is 1. The average Bonchev–Trinajstić information content (AvgIpc) is 3.10. The van der Waals surface area contributed by atoms with Gasteiger partial charge in [0.25, 0.3) is 0 Å². The molecular weight excluding hydrogens is 252 g/mol. The fourth-order valence-corrected chi connectivity index (χ4v) is 1.83. The molecule has 5 nitrogen and oxygen atoms in total. The van der Waals surface area contributed by atoms with Crippen LogP contribution in [0.4, 0.5) is 5.82 Å². The van der Waals surface area contributed by atoms with Crippen LogP contribution in [0.5, 0.6) is 0 Å². The number of rotatable bonds is 2. The Kier molecular flexibility index (Phi) is 2.46. The van der Waals surface area contributed by atoms with Gasteiger partial charge in [-0.3, -0.25) is 4.79 Å². The summed E-state index contributed by atoms with van der Waals surface area (Å²) in [6, 6.07) is 7.32. The molecule has 18 heavy (non-hydrogen) atoms. The first kappa shape index (κ1) is 11.4. The summed E-state index contributed by atoms with van der Waals surface area (Å²) in [5, 5.41) is 2.81. The number of carbonyl (C=O) groups is 1. The minimum absolute atomic E-state index is 0.173. The molecule has 6 heteroatoms. The van der Waals surface area contributed by atoms with E-state index in [1.165, 1.54) is 0 Å². The van der Waals surface area contributed by atoms with Crippen LogP contribution in [-0.4, -0.2) is 21.4 Å². The molecule has 0 atom stereocenters. The number of anilines is 1. The Labute approximate surface area is 108 Å². The van der Waals surface area contributed by atoms with Crippen LogP contribution in [0.1, 0.15) is 12.8 Å². The van der Waals surface area contributed by atoms with Crippen LogP contribution < -0.4 is 11.1 Å². The van der Waals surface area contributed by atoms with E-state index in [1.807, 2.05) is 24.3 Å². The van der Waals surface area contributed by atoms with Crippen LogP contribution in [0.2, 0.25) is 5.15 Å². The molecule has 1 aromatic heterocycles. The van der Waals surface area contributed by atoms with Crippen LogP contribution in [0.25, 0.3) is 11.0 Å². The van der Waals surface area contributed by atoms with Gasteiger partial charge in [-0.1, -0.05) is 23.7 Å². The van der Waals surface area contributed by atoms with Gasteiger partial charge in [0.05, 0.1) is 16.6 Å². The zero-order valence-corrected chi connectivity index (χ0v) is 10.2. The summed E-state index contributed by atoms with van der Waals surface area (Å²) in [6.07, 6.45) is 1.38. The Bertz CT molecular complexity index is 639. The van der Waals surface area contributed by atoms with E-state index < -0.39 is 5.54 Å². The Balaban J connectivity index is 1.96. The molecular formula is C12H11ClN4O. The fraction of sp³-hybridized carbons (Fsp3) is 0.250. The van der Waals surface area contributed by atoms with Gasteiger partial charge in [-0.25, -0.2) is 9.97 Å². The second kappa shape index (κ2) is 3.90. The molecule has 0 bridgehead atoms. The first-order chi connectivity index (χ1) is 8.58. The molecule has 2 aromatic rings. The predicted octanol–water partition coefficient (Wildman–Crippen LogP) is 1.71.